The van der Waals surface area contributed by atoms with Crippen LogP contribution < -0.4 is 19.1 Å². The molecule has 2 saturated heterocycles. The van der Waals surface area contributed by atoms with Gasteiger partial charge in [-0.2, -0.15) is 5.10 Å². The Labute approximate surface area is 249 Å². The number of aromatic nitrogens is 2. The number of unbranched alkanes of at least 4 members (excludes halogenated alkanes) is 2. The zero-order chi connectivity index (χ0) is 29.5. The number of para-hydroxylation sites is 1. The minimum absolute atomic E-state index is 0.0223. The Morgan fingerprint density at radius 2 is 1.81 bits per heavy atom. The van der Waals surface area contributed by atoms with Crippen molar-refractivity contribution in [1.82, 2.24) is 19.6 Å². The highest BCUT2D eigenvalue weighted by Crippen LogP contribution is 2.36. The Kier molecular flexibility index (Phi) is 9.89. The van der Waals surface area contributed by atoms with E-state index in [-0.39, 0.29) is 6.03 Å². The van der Waals surface area contributed by atoms with Crippen LogP contribution in [0.5, 0.6) is 17.2 Å². The molecule has 2 aliphatic rings. The fraction of sp³-hybridized carbons (Fsp3) is 0.515. The molecule has 2 fully saturated rings. The Morgan fingerprint density at radius 3 is 2.57 bits per heavy atom. The molecule has 226 valence electrons. The van der Waals surface area contributed by atoms with E-state index in [0.29, 0.717) is 43.8 Å². The number of likely N-dealkylation sites (tertiary alicyclic amines) is 1. The van der Waals surface area contributed by atoms with Crippen LogP contribution in [0.4, 0.5) is 10.5 Å². The molecule has 2 amide bonds. The molecule has 9 heteroatoms. The summed E-state index contributed by atoms with van der Waals surface area (Å²) in [5.41, 5.74) is 3.82. The third-order valence-electron chi connectivity index (χ3n) is 8.41. The molecule has 9 nitrogen and oxygen atoms in total. The molecule has 5 rings (SSSR count). The molecule has 2 aliphatic heterocycles. The molecule has 1 aromatic heterocycles. The Hall–Kier alpha value is -3.72. The van der Waals surface area contributed by atoms with Crippen molar-refractivity contribution in [3.63, 3.8) is 0 Å². The maximum Gasteiger partial charge on any atom is 0.324 e. The van der Waals surface area contributed by atoms with Gasteiger partial charge in [0, 0.05) is 47.7 Å². The van der Waals surface area contributed by atoms with Crippen LogP contribution in [-0.2, 0) is 6.54 Å². The maximum atomic E-state index is 13.8. The molecule has 3 heterocycles. The third kappa shape index (κ3) is 6.67. The minimum Gasteiger partial charge on any atom is -0.496 e. The molecule has 0 atom stereocenters. The first-order valence-electron chi connectivity index (χ1n) is 15.3. The number of nitrogens with zero attached hydrogens (tertiary/aromatic N) is 5. The van der Waals surface area contributed by atoms with Crippen molar-refractivity contribution in [2.75, 3.05) is 59.0 Å². The van der Waals surface area contributed by atoms with Crippen molar-refractivity contribution in [2.24, 2.45) is 0 Å². The van der Waals surface area contributed by atoms with Crippen molar-refractivity contribution in [3.8, 4) is 28.4 Å². The number of carbonyl (C=O) groups excluding carboxylic acids is 1. The molecule has 0 radical (unpaired) electrons. The second-order valence-corrected chi connectivity index (χ2v) is 11.3. The van der Waals surface area contributed by atoms with E-state index < -0.39 is 0 Å². The molecule has 0 spiro atoms. The van der Waals surface area contributed by atoms with Gasteiger partial charge in [-0.25, -0.2) is 4.79 Å². The number of anilines is 1. The lowest BCUT2D eigenvalue weighted by Gasteiger charge is -2.36. The van der Waals surface area contributed by atoms with Crippen molar-refractivity contribution in [3.05, 3.63) is 54.4 Å². The van der Waals surface area contributed by atoms with Gasteiger partial charge in [0.2, 0.25) is 0 Å². The van der Waals surface area contributed by atoms with E-state index in [1.807, 2.05) is 46.3 Å². The predicted octanol–water partition coefficient (Wildman–Crippen LogP) is 6.24. The summed E-state index contributed by atoms with van der Waals surface area (Å²) in [6.45, 7) is 6.78. The summed E-state index contributed by atoms with van der Waals surface area (Å²) in [4.78, 5) is 19.9. The zero-order valence-corrected chi connectivity index (χ0v) is 25.6. The molecule has 0 N–H and O–H groups in total. The SMILES string of the molecule is CCCCCOc1cc(N2CCCN(Cc3cccc(-c4cnn(C5CCN(C)CC5)c4)c3OC)C2=O)ccc1OC. The van der Waals surface area contributed by atoms with E-state index in [1.165, 1.54) is 0 Å². The fourth-order valence-corrected chi connectivity index (χ4v) is 5.97. The number of piperidine rings is 1. The van der Waals surface area contributed by atoms with E-state index in [9.17, 15) is 4.79 Å². The molecule has 3 aromatic rings. The fourth-order valence-electron chi connectivity index (χ4n) is 5.97. The first-order valence-corrected chi connectivity index (χ1v) is 15.3. The molecule has 0 bridgehead atoms. The largest absolute Gasteiger partial charge is 0.496 e. The number of hydrogen-bond acceptors (Lipinski definition) is 6. The first kappa shape index (κ1) is 29.8. The van der Waals surface area contributed by atoms with Gasteiger partial charge in [-0.3, -0.25) is 9.58 Å². The van der Waals surface area contributed by atoms with E-state index in [1.54, 1.807) is 14.2 Å². The molecular weight excluding hydrogens is 530 g/mol. The van der Waals surface area contributed by atoms with Gasteiger partial charge in [-0.15, -0.1) is 0 Å². The van der Waals surface area contributed by atoms with Gasteiger partial charge >= 0.3 is 6.03 Å². The summed E-state index contributed by atoms with van der Waals surface area (Å²) in [6.07, 6.45) is 10.4. The quantitative estimate of drug-likeness (QED) is 0.238. The van der Waals surface area contributed by atoms with Crippen LogP contribution in [0, 0.1) is 0 Å². The van der Waals surface area contributed by atoms with Crippen molar-refractivity contribution in [1.29, 1.82) is 0 Å². The standard InChI is InChI=1S/C33H45N5O4/c1-5-6-7-20-42-31-21-28(12-13-30(31)40-3)37-17-9-16-36(33(37)39)23-25-10-8-11-29(32(25)41-4)26-22-34-38(24-26)27-14-18-35(2)19-15-27/h8,10-13,21-22,24,27H,5-7,9,14-20,23H2,1-4H3. The normalized spacial score (nSPS) is 16.6. The third-order valence-corrected chi connectivity index (χ3v) is 8.41. The first-order chi connectivity index (χ1) is 20.5. The number of carbonyl (C=O) groups is 1. The number of urea groups is 1. The molecule has 0 unspecified atom stereocenters. The molecule has 2 aromatic carbocycles. The number of ether oxygens (including phenoxy) is 3. The van der Waals surface area contributed by atoms with Gasteiger partial charge in [0.05, 0.1) is 39.6 Å². The van der Waals surface area contributed by atoms with Crippen LogP contribution in [0.15, 0.2) is 48.8 Å². The van der Waals surface area contributed by atoms with Gasteiger partial charge in [0.1, 0.15) is 5.75 Å². The summed E-state index contributed by atoms with van der Waals surface area (Å²) in [6, 6.07) is 12.3. The Bertz CT molecular complexity index is 1330. The van der Waals surface area contributed by atoms with Crippen molar-refractivity contribution in [2.45, 2.75) is 58.0 Å². The van der Waals surface area contributed by atoms with Gasteiger partial charge in [0.15, 0.2) is 11.5 Å². The number of methoxy groups -OCH3 is 2. The topological polar surface area (TPSA) is 72.3 Å². The average Bonchev–Trinajstić information content (AvgIpc) is 3.51. The summed E-state index contributed by atoms with van der Waals surface area (Å²) in [5, 5.41) is 4.72. The lowest BCUT2D eigenvalue weighted by molar-refractivity contribution is 0.192. The van der Waals surface area contributed by atoms with Crippen LogP contribution in [-0.4, -0.2) is 79.7 Å². The van der Waals surface area contributed by atoms with Gasteiger partial charge in [0.25, 0.3) is 0 Å². The number of amides is 2. The van der Waals surface area contributed by atoms with Crippen molar-refractivity contribution >= 4 is 11.7 Å². The smallest absolute Gasteiger partial charge is 0.324 e. The van der Waals surface area contributed by atoms with Gasteiger partial charge in [-0.1, -0.05) is 38.0 Å². The van der Waals surface area contributed by atoms with Crippen LogP contribution in [0.2, 0.25) is 0 Å². The Balaban J connectivity index is 1.32. The van der Waals surface area contributed by atoms with E-state index in [0.717, 1.165) is 79.7 Å². The number of rotatable bonds is 12. The summed E-state index contributed by atoms with van der Waals surface area (Å²) < 4.78 is 19.6. The number of hydrogen-bond donors (Lipinski definition) is 0. The predicted molar refractivity (Wildman–Crippen MR) is 166 cm³/mol. The van der Waals surface area contributed by atoms with Gasteiger partial charge in [-0.05, 0) is 58.0 Å². The lowest BCUT2D eigenvalue weighted by Crippen LogP contribution is -2.49. The number of benzene rings is 2. The average molecular weight is 576 g/mol. The van der Waals surface area contributed by atoms with Crippen LogP contribution >= 0.6 is 0 Å². The highest BCUT2D eigenvalue weighted by atomic mass is 16.5. The summed E-state index contributed by atoms with van der Waals surface area (Å²) >= 11 is 0. The van der Waals surface area contributed by atoms with E-state index in [2.05, 4.69) is 35.8 Å². The van der Waals surface area contributed by atoms with Crippen LogP contribution in [0.25, 0.3) is 11.1 Å². The lowest BCUT2D eigenvalue weighted by atomic mass is 10.0. The van der Waals surface area contributed by atoms with E-state index >= 15 is 0 Å². The molecule has 42 heavy (non-hydrogen) atoms. The van der Waals surface area contributed by atoms with Crippen LogP contribution in [0.3, 0.4) is 0 Å². The van der Waals surface area contributed by atoms with E-state index in [4.69, 9.17) is 19.3 Å². The minimum atomic E-state index is -0.0223. The maximum absolute atomic E-state index is 13.8. The Morgan fingerprint density at radius 1 is 0.976 bits per heavy atom. The summed E-state index contributed by atoms with van der Waals surface area (Å²) in [5.74, 6) is 2.14. The molecular formula is C33H45N5O4. The highest BCUT2D eigenvalue weighted by molar-refractivity contribution is 5.93. The highest BCUT2D eigenvalue weighted by Gasteiger charge is 2.29. The monoisotopic (exact) mass is 575 g/mol. The van der Waals surface area contributed by atoms with Crippen LogP contribution in [0.1, 0.15) is 57.1 Å². The summed E-state index contributed by atoms with van der Waals surface area (Å²) in [7, 11) is 5.52. The van der Waals surface area contributed by atoms with Gasteiger partial charge < -0.3 is 24.0 Å². The zero-order valence-electron chi connectivity index (χ0n) is 25.6. The second-order valence-electron chi connectivity index (χ2n) is 11.3. The second kappa shape index (κ2) is 14.0. The van der Waals surface area contributed by atoms with Crippen molar-refractivity contribution < 1.29 is 19.0 Å². The molecule has 0 aliphatic carbocycles. The molecule has 0 saturated carbocycles.